The first-order valence-corrected chi connectivity index (χ1v) is 4.81. The van der Waals surface area contributed by atoms with Crippen LogP contribution in [-0.2, 0) is 9.59 Å². The molecular formula is C10H9NO8. The lowest BCUT2D eigenvalue weighted by Crippen LogP contribution is -2.35. The van der Waals surface area contributed by atoms with Crippen molar-refractivity contribution in [3.8, 4) is 11.5 Å². The molecule has 2 N–H and O–H groups in total. The summed E-state index contributed by atoms with van der Waals surface area (Å²) in [5.74, 6) is -3.85. The van der Waals surface area contributed by atoms with E-state index in [0.717, 1.165) is 12.1 Å². The van der Waals surface area contributed by atoms with Gasteiger partial charge in [-0.2, -0.15) is 0 Å². The fraction of sp³-hybridized carbons (Fsp3) is 0.200. The first-order valence-electron chi connectivity index (χ1n) is 4.81. The van der Waals surface area contributed by atoms with E-state index >= 15 is 0 Å². The Morgan fingerprint density at radius 1 is 1.32 bits per heavy atom. The van der Waals surface area contributed by atoms with Crippen LogP contribution < -0.4 is 9.47 Å². The first-order chi connectivity index (χ1) is 8.86. The van der Waals surface area contributed by atoms with Gasteiger partial charge in [-0.1, -0.05) is 0 Å². The fourth-order valence-corrected chi connectivity index (χ4v) is 1.20. The number of benzene rings is 1. The molecule has 0 aliphatic rings. The Labute approximate surface area is 106 Å². The van der Waals surface area contributed by atoms with E-state index in [1.807, 2.05) is 0 Å². The molecule has 0 saturated heterocycles. The van der Waals surface area contributed by atoms with Gasteiger partial charge < -0.3 is 19.7 Å². The second kappa shape index (κ2) is 5.67. The molecule has 0 radical (unpaired) electrons. The zero-order valence-corrected chi connectivity index (χ0v) is 9.60. The molecule has 1 rings (SSSR count). The van der Waals surface area contributed by atoms with Gasteiger partial charge in [0.2, 0.25) is 0 Å². The van der Waals surface area contributed by atoms with Gasteiger partial charge in [-0.3, -0.25) is 10.1 Å². The maximum absolute atomic E-state index is 10.8. The number of carboxylic acids is 2. The predicted octanol–water partition coefficient (Wildman–Crippen LogP) is 0.520. The molecule has 1 aromatic rings. The minimum atomic E-state index is -2.23. The number of nitro groups is 1. The topological polar surface area (TPSA) is 136 Å². The molecule has 9 heteroatoms. The Bertz CT molecular complexity index is 512. The average Bonchev–Trinajstić information content (AvgIpc) is 2.34. The highest BCUT2D eigenvalue weighted by Crippen LogP contribution is 2.31. The summed E-state index contributed by atoms with van der Waals surface area (Å²) >= 11 is 0. The zero-order valence-electron chi connectivity index (χ0n) is 9.60. The van der Waals surface area contributed by atoms with E-state index < -0.39 is 34.4 Å². The Hall–Kier alpha value is -2.84. The number of rotatable bonds is 6. The second-order valence-corrected chi connectivity index (χ2v) is 3.27. The zero-order chi connectivity index (χ0) is 14.6. The molecule has 0 unspecified atom stereocenters. The maximum Gasteiger partial charge on any atom is 0.356 e. The summed E-state index contributed by atoms with van der Waals surface area (Å²) in [6, 6.07) is 3.34. The van der Waals surface area contributed by atoms with Crippen LogP contribution in [0, 0.1) is 10.1 Å². The minimum Gasteiger partial charge on any atom is -0.496 e. The quantitative estimate of drug-likeness (QED) is 0.434. The van der Waals surface area contributed by atoms with Crippen molar-refractivity contribution in [2.45, 2.75) is 6.10 Å². The third kappa shape index (κ3) is 3.31. The van der Waals surface area contributed by atoms with Gasteiger partial charge in [-0.05, 0) is 12.1 Å². The summed E-state index contributed by atoms with van der Waals surface area (Å²) < 4.78 is 9.40. The smallest absolute Gasteiger partial charge is 0.356 e. The van der Waals surface area contributed by atoms with E-state index in [-0.39, 0.29) is 5.75 Å². The van der Waals surface area contributed by atoms with Gasteiger partial charge in [-0.15, -0.1) is 0 Å². The standard InChI is InChI=1S/C10H9NO8/c1-18-5-2-3-7(6(4-5)11(16)17)19-8(9(12)13)10(14)15/h2-4,8H,1H3,(H,12,13)(H,14,15). The number of carboxylic acid groups (broad SMARTS) is 2. The Kier molecular flexibility index (Phi) is 4.24. The number of hydrogen-bond acceptors (Lipinski definition) is 6. The highest BCUT2D eigenvalue weighted by Gasteiger charge is 2.31. The number of carbonyl (C=O) groups is 2. The maximum atomic E-state index is 10.8. The van der Waals surface area contributed by atoms with Gasteiger partial charge in [0.25, 0.3) is 6.10 Å². The Morgan fingerprint density at radius 2 is 1.89 bits per heavy atom. The van der Waals surface area contributed by atoms with E-state index in [1.54, 1.807) is 0 Å². The van der Waals surface area contributed by atoms with Crippen molar-refractivity contribution in [2.24, 2.45) is 0 Å². The van der Waals surface area contributed by atoms with Crippen LogP contribution in [0.15, 0.2) is 18.2 Å². The van der Waals surface area contributed by atoms with Gasteiger partial charge in [-0.25, -0.2) is 9.59 Å². The van der Waals surface area contributed by atoms with Gasteiger partial charge in [0, 0.05) is 0 Å². The van der Waals surface area contributed by atoms with Gasteiger partial charge in [0.05, 0.1) is 18.1 Å². The van der Waals surface area contributed by atoms with E-state index in [9.17, 15) is 19.7 Å². The lowest BCUT2D eigenvalue weighted by Gasteiger charge is -2.11. The van der Waals surface area contributed by atoms with Crippen LogP contribution in [0.3, 0.4) is 0 Å². The first kappa shape index (κ1) is 14.2. The third-order valence-corrected chi connectivity index (χ3v) is 2.06. The SMILES string of the molecule is COc1ccc(OC(C(=O)O)C(=O)O)c([N+](=O)[O-])c1. The van der Waals surface area contributed by atoms with E-state index in [1.165, 1.54) is 13.2 Å². The summed E-state index contributed by atoms with van der Waals surface area (Å²) in [6.07, 6.45) is -2.23. The summed E-state index contributed by atoms with van der Waals surface area (Å²) in [6.45, 7) is 0. The highest BCUT2D eigenvalue weighted by molar-refractivity contribution is 5.96. The van der Waals surface area contributed by atoms with E-state index in [2.05, 4.69) is 4.74 Å². The molecule has 0 amide bonds. The van der Waals surface area contributed by atoms with Crippen LogP contribution in [0.25, 0.3) is 0 Å². The van der Waals surface area contributed by atoms with Gasteiger partial charge in [0.15, 0.2) is 5.75 Å². The number of nitrogens with zero attached hydrogens (tertiary/aromatic N) is 1. The molecule has 9 nitrogen and oxygen atoms in total. The average molecular weight is 271 g/mol. The fourth-order valence-electron chi connectivity index (χ4n) is 1.20. The molecule has 102 valence electrons. The van der Waals surface area contributed by atoms with E-state index in [4.69, 9.17) is 14.9 Å². The molecule has 0 aromatic heterocycles. The molecule has 0 atom stereocenters. The molecule has 0 saturated carbocycles. The van der Waals surface area contributed by atoms with Crippen LogP contribution in [0.5, 0.6) is 11.5 Å². The van der Waals surface area contributed by atoms with Crippen molar-refractivity contribution in [1.29, 1.82) is 0 Å². The van der Waals surface area contributed by atoms with Crippen LogP contribution in [-0.4, -0.2) is 40.3 Å². The number of nitro benzene ring substituents is 1. The Balaban J connectivity index is 3.16. The summed E-state index contributed by atoms with van der Waals surface area (Å²) in [4.78, 5) is 31.2. The normalized spacial score (nSPS) is 10.0. The summed E-state index contributed by atoms with van der Waals surface area (Å²) in [5.41, 5.74) is -0.591. The number of ether oxygens (including phenoxy) is 2. The van der Waals surface area contributed by atoms with Crippen molar-refractivity contribution in [1.82, 2.24) is 0 Å². The molecule has 1 aromatic carbocycles. The lowest BCUT2D eigenvalue weighted by atomic mass is 10.2. The van der Waals surface area contributed by atoms with Crippen LogP contribution >= 0.6 is 0 Å². The van der Waals surface area contributed by atoms with Crippen molar-refractivity contribution in [2.75, 3.05) is 7.11 Å². The largest absolute Gasteiger partial charge is 0.496 e. The number of methoxy groups -OCH3 is 1. The molecule has 0 aliphatic heterocycles. The number of aliphatic carboxylic acids is 2. The van der Waals surface area contributed by atoms with Crippen molar-refractivity contribution >= 4 is 17.6 Å². The van der Waals surface area contributed by atoms with Gasteiger partial charge in [0.1, 0.15) is 5.75 Å². The molecule has 0 bridgehead atoms. The van der Waals surface area contributed by atoms with Crippen LogP contribution in [0.1, 0.15) is 0 Å². The minimum absolute atomic E-state index is 0.154. The van der Waals surface area contributed by atoms with Crippen LogP contribution in [0.2, 0.25) is 0 Å². The lowest BCUT2D eigenvalue weighted by molar-refractivity contribution is -0.386. The molecule has 19 heavy (non-hydrogen) atoms. The molecule has 0 aliphatic carbocycles. The predicted molar refractivity (Wildman–Crippen MR) is 59.3 cm³/mol. The van der Waals surface area contributed by atoms with Gasteiger partial charge >= 0.3 is 17.6 Å². The summed E-state index contributed by atoms with van der Waals surface area (Å²) in [5, 5.41) is 28.1. The Morgan fingerprint density at radius 3 is 2.32 bits per heavy atom. The van der Waals surface area contributed by atoms with Crippen molar-refractivity contribution < 1.29 is 34.2 Å². The third-order valence-electron chi connectivity index (χ3n) is 2.06. The highest BCUT2D eigenvalue weighted by atomic mass is 16.6. The monoisotopic (exact) mass is 271 g/mol. The van der Waals surface area contributed by atoms with Crippen molar-refractivity contribution in [3.05, 3.63) is 28.3 Å². The molecular weight excluding hydrogens is 262 g/mol. The van der Waals surface area contributed by atoms with E-state index in [0.29, 0.717) is 0 Å². The molecule has 0 heterocycles. The second-order valence-electron chi connectivity index (χ2n) is 3.27. The molecule has 0 spiro atoms. The van der Waals surface area contributed by atoms with Crippen LogP contribution in [0.4, 0.5) is 5.69 Å². The van der Waals surface area contributed by atoms with Crippen molar-refractivity contribution in [3.63, 3.8) is 0 Å². The number of hydrogen-bond donors (Lipinski definition) is 2. The molecule has 0 fully saturated rings. The summed E-state index contributed by atoms with van der Waals surface area (Å²) in [7, 11) is 1.29.